The molecule has 3 atom stereocenters. The highest BCUT2D eigenvalue weighted by Crippen LogP contribution is 2.26. The summed E-state index contributed by atoms with van der Waals surface area (Å²) in [4.78, 5) is 24.9. The van der Waals surface area contributed by atoms with Gasteiger partial charge in [0.05, 0.1) is 0 Å². The number of rotatable bonds is 7. The summed E-state index contributed by atoms with van der Waals surface area (Å²) in [6.07, 6.45) is 6.10. The summed E-state index contributed by atoms with van der Waals surface area (Å²) in [5.41, 5.74) is 7.10. The monoisotopic (exact) mass is 365 g/mol. The first kappa shape index (κ1) is 19.7. The molecule has 25 heavy (non-hydrogen) atoms. The van der Waals surface area contributed by atoms with Crippen molar-refractivity contribution in [1.82, 2.24) is 10.6 Å². The average molecular weight is 366 g/mol. The molecule has 0 aromatic heterocycles. The van der Waals surface area contributed by atoms with E-state index in [4.69, 9.17) is 5.73 Å². The number of benzene rings is 1. The SMILES string of the molecule is Cl.N[C@@H]1CCC[C@H]1CC(=O)NC(Cc1ccccc1)C(=O)NC1CC1. The molecule has 3 rings (SSSR count). The van der Waals surface area contributed by atoms with Gasteiger partial charge in [-0.1, -0.05) is 36.8 Å². The molecule has 5 nitrogen and oxygen atoms in total. The highest BCUT2D eigenvalue weighted by molar-refractivity contribution is 5.88. The molecule has 0 heterocycles. The number of halogens is 1. The number of carbonyl (C=O) groups is 2. The van der Waals surface area contributed by atoms with E-state index >= 15 is 0 Å². The first-order chi connectivity index (χ1) is 11.6. The van der Waals surface area contributed by atoms with Crippen LogP contribution >= 0.6 is 12.4 Å². The zero-order valence-electron chi connectivity index (χ0n) is 14.4. The number of nitrogens with one attached hydrogen (secondary N) is 2. The van der Waals surface area contributed by atoms with Gasteiger partial charge >= 0.3 is 0 Å². The van der Waals surface area contributed by atoms with Crippen molar-refractivity contribution >= 4 is 24.2 Å². The minimum absolute atomic E-state index is 0. The fraction of sp³-hybridized carbons (Fsp3) is 0.579. The summed E-state index contributed by atoms with van der Waals surface area (Å²) in [5.74, 6) is 0.100. The lowest BCUT2D eigenvalue weighted by molar-refractivity contribution is -0.129. The smallest absolute Gasteiger partial charge is 0.243 e. The molecule has 0 bridgehead atoms. The largest absolute Gasteiger partial charge is 0.352 e. The van der Waals surface area contributed by atoms with Crippen LogP contribution in [0.1, 0.15) is 44.1 Å². The molecular weight excluding hydrogens is 338 g/mol. The Kier molecular flexibility index (Phi) is 7.26. The van der Waals surface area contributed by atoms with E-state index in [-0.39, 0.29) is 42.2 Å². The molecule has 138 valence electrons. The lowest BCUT2D eigenvalue weighted by Gasteiger charge is -2.21. The third-order valence-corrected chi connectivity index (χ3v) is 5.02. The summed E-state index contributed by atoms with van der Waals surface area (Å²) in [5, 5.41) is 5.94. The summed E-state index contributed by atoms with van der Waals surface area (Å²) in [6.45, 7) is 0. The van der Waals surface area contributed by atoms with Crippen LogP contribution in [0, 0.1) is 5.92 Å². The van der Waals surface area contributed by atoms with Crippen molar-refractivity contribution in [3.63, 3.8) is 0 Å². The maximum atomic E-state index is 12.5. The van der Waals surface area contributed by atoms with Crippen LogP contribution in [-0.4, -0.2) is 29.9 Å². The Bertz CT molecular complexity index is 577. The molecule has 0 aliphatic heterocycles. The van der Waals surface area contributed by atoms with Crippen LogP contribution in [0.25, 0.3) is 0 Å². The Hall–Kier alpha value is -1.59. The van der Waals surface area contributed by atoms with E-state index in [0.717, 1.165) is 37.7 Å². The molecule has 2 amide bonds. The van der Waals surface area contributed by atoms with Crippen LogP contribution in [0.2, 0.25) is 0 Å². The van der Waals surface area contributed by atoms with Gasteiger partial charge in [0, 0.05) is 24.9 Å². The quantitative estimate of drug-likeness (QED) is 0.690. The third kappa shape index (κ3) is 6.01. The van der Waals surface area contributed by atoms with E-state index in [1.54, 1.807) is 0 Å². The number of amides is 2. The van der Waals surface area contributed by atoms with E-state index in [9.17, 15) is 9.59 Å². The number of nitrogens with two attached hydrogens (primary N) is 1. The van der Waals surface area contributed by atoms with E-state index in [1.165, 1.54) is 0 Å². The van der Waals surface area contributed by atoms with Crippen LogP contribution in [0.5, 0.6) is 0 Å². The Morgan fingerprint density at radius 3 is 2.44 bits per heavy atom. The lowest BCUT2D eigenvalue weighted by Crippen LogP contribution is -2.49. The molecule has 2 saturated carbocycles. The molecular formula is C19H28ClN3O2. The highest BCUT2D eigenvalue weighted by atomic mass is 35.5. The van der Waals surface area contributed by atoms with Gasteiger partial charge in [0.15, 0.2) is 0 Å². The van der Waals surface area contributed by atoms with Crippen molar-refractivity contribution in [2.24, 2.45) is 11.7 Å². The van der Waals surface area contributed by atoms with Gasteiger partial charge in [-0.2, -0.15) is 0 Å². The van der Waals surface area contributed by atoms with Crippen LogP contribution in [-0.2, 0) is 16.0 Å². The molecule has 0 radical (unpaired) electrons. The third-order valence-electron chi connectivity index (χ3n) is 5.02. The molecule has 2 aliphatic carbocycles. The average Bonchev–Trinajstić information content (AvgIpc) is 3.29. The first-order valence-corrected chi connectivity index (χ1v) is 9.01. The molecule has 1 aromatic carbocycles. The van der Waals surface area contributed by atoms with Gasteiger partial charge in [-0.05, 0) is 37.2 Å². The van der Waals surface area contributed by atoms with Crippen molar-refractivity contribution in [3.8, 4) is 0 Å². The molecule has 6 heteroatoms. The minimum atomic E-state index is -0.516. The standard InChI is InChI=1S/C19H27N3O2.ClH/c20-16-8-4-7-14(16)12-18(23)22-17(19(24)21-15-9-10-15)11-13-5-2-1-3-6-13;/h1-3,5-6,14-17H,4,7-12,20H2,(H,21,24)(H,22,23);1H/t14-,16+,17?;/m0./s1. The fourth-order valence-corrected chi connectivity index (χ4v) is 3.40. The Labute approximate surface area is 155 Å². The first-order valence-electron chi connectivity index (χ1n) is 9.01. The van der Waals surface area contributed by atoms with Crippen LogP contribution in [0.3, 0.4) is 0 Å². The van der Waals surface area contributed by atoms with E-state index in [2.05, 4.69) is 10.6 Å². The van der Waals surface area contributed by atoms with Crippen molar-refractivity contribution < 1.29 is 9.59 Å². The summed E-state index contributed by atoms with van der Waals surface area (Å²) in [6, 6.07) is 9.70. The minimum Gasteiger partial charge on any atom is -0.352 e. The maximum absolute atomic E-state index is 12.5. The Morgan fingerprint density at radius 2 is 1.84 bits per heavy atom. The maximum Gasteiger partial charge on any atom is 0.243 e. The predicted molar refractivity (Wildman–Crippen MR) is 100 cm³/mol. The molecule has 1 aromatic rings. The van der Waals surface area contributed by atoms with Gasteiger partial charge < -0.3 is 16.4 Å². The number of carbonyl (C=O) groups excluding carboxylic acids is 2. The summed E-state index contributed by atoms with van der Waals surface area (Å²) in [7, 11) is 0. The normalized spacial score (nSPS) is 23.4. The van der Waals surface area contributed by atoms with Gasteiger partial charge in [-0.15, -0.1) is 12.4 Å². The van der Waals surface area contributed by atoms with Crippen LogP contribution in [0.15, 0.2) is 30.3 Å². The zero-order chi connectivity index (χ0) is 16.9. The summed E-state index contributed by atoms with van der Waals surface area (Å²) < 4.78 is 0. The Morgan fingerprint density at radius 1 is 1.12 bits per heavy atom. The van der Waals surface area contributed by atoms with Crippen molar-refractivity contribution in [3.05, 3.63) is 35.9 Å². The van der Waals surface area contributed by atoms with Gasteiger partial charge in [0.2, 0.25) is 11.8 Å². The van der Waals surface area contributed by atoms with Crippen molar-refractivity contribution in [2.45, 2.75) is 63.1 Å². The highest BCUT2D eigenvalue weighted by Gasteiger charge is 2.30. The molecule has 4 N–H and O–H groups in total. The molecule has 2 aliphatic rings. The molecule has 0 spiro atoms. The lowest BCUT2D eigenvalue weighted by atomic mass is 9.99. The van der Waals surface area contributed by atoms with Gasteiger partial charge in [0.25, 0.3) is 0 Å². The zero-order valence-corrected chi connectivity index (χ0v) is 15.3. The van der Waals surface area contributed by atoms with E-state index in [1.807, 2.05) is 30.3 Å². The summed E-state index contributed by atoms with van der Waals surface area (Å²) >= 11 is 0. The second-order valence-electron chi connectivity index (χ2n) is 7.15. The van der Waals surface area contributed by atoms with Crippen LogP contribution < -0.4 is 16.4 Å². The van der Waals surface area contributed by atoms with E-state index in [0.29, 0.717) is 12.8 Å². The Balaban J connectivity index is 0.00000225. The fourth-order valence-electron chi connectivity index (χ4n) is 3.40. The van der Waals surface area contributed by atoms with Gasteiger partial charge in [-0.25, -0.2) is 0 Å². The second kappa shape index (κ2) is 9.20. The van der Waals surface area contributed by atoms with Crippen molar-refractivity contribution in [1.29, 1.82) is 0 Å². The predicted octanol–water partition coefficient (Wildman–Crippen LogP) is 1.93. The van der Waals surface area contributed by atoms with E-state index < -0.39 is 6.04 Å². The molecule has 0 saturated heterocycles. The molecule has 2 fully saturated rings. The van der Waals surface area contributed by atoms with Gasteiger partial charge in [-0.3, -0.25) is 9.59 Å². The molecule has 1 unspecified atom stereocenters. The van der Waals surface area contributed by atoms with Crippen molar-refractivity contribution in [2.75, 3.05) is 0 Å². The topological polar surface area (TPSA) is 84.2 Å². The van der Waals surface area contributed by atoms with Crippen LogP contribution in [0.4, 0.5) is 0 Å². The number of hydrogen-bond acceptors (Lipinski definition) is 3. The van der Waals surface area contributed by atoms with Gasteiger partial charge in [0.1, 0.15) is 6.04 Å². The number of hydrogen-bond donors (Lipinski definition) is 3. The second-order valence-corrected chi connectivity index (χ2v) is 7.15.